The van der Waals surface area contributed by atoms with Gasteiger partial charge in [0.2, 0.25) is 11.8 Å². The van der Waals surface area contributed by atoms with Crippen LogP contribution in [0.15, 0.2) is 60.7 Å². The van der Waals surface area contributed by atoms with E-state index >= 15 is 0 Å². The Morgan fingerprint density at radius 1 is 0.906 bits per heavy atom. The summed E-state index contributed by atoms with van der Waals surface area (Å²) in [5.41, 5.74) is 7.27. The van der Waals surface area contributed by atoms with Crippen molar-refractivity contribution in [3.63, 3.8) is 0 Å². The predicted molar refractivity (Wildman–Crippen MR) is 123 cm³/mol. The zero-order valence-electron chi connectivity index (χ0n) is 17.8. The molecule has 32 heavy (non-hydrogen) atoms. The highest BCUT2D eigenvalue weighted by Crippen LogP contribution is 2.06. The predicted octanol–water partition coefficient (Wildman–Crippen LogP) is 2.41. The van der Waals surface area contributed by atoms with Crippen LogP contribution in [0.4, 0.5) is 4.79 Å². The van der Waals surface area contributed by atoms with E-state index in [1.807, 2.05) is 60.7 Å². The number of primary amides is 1. The number of rotatable bonds is 13. The second kappa shape index (κ2) is 14.1. The number of amides is 3. The highest BCUT2D eigenvalue weighted by atomic mass is 35.5. The Hall–Kier alpha value is -3.10. The zero-order chi connectivity index (χ0) is 23.2. The van der Waals surface area contributed by atoms with Gasteiger partial charge in [-0.3, -0.25) is 9.59 Å². The molecule has 0 radical (unpaired) electrons. The third kappa shape index (κ3) is 9.36. The topological polar surface area (TPSA) is 123 Å². The summed E-state index contributed by atoms with van der Waals surface area (Å²) >= 11 is 5.74. The lowest BCUT2D eigenvalue weighted by molar-refractivity contribution is -0.128. The molecule has 2 aromatic carbocycles. The van der Waals surface area contributed by atoms with E-state index in [0.29, 0.717) is 32.2 Å². The zero-order valence-corrected chi connectivity index (χ0v) is 18.5. The quantitative estimate of drug-likeness (QED) is 0.270. The number of nitrogens with two attached hydrogens (primary N) is 1. The van der Waals surface area contributed by atoms with Gasteiger partial charge in [0.05, 0.1) is 0 Å². The SMILES string of the molecule is NC(=O)[C@H](CCCCNC(=O)OCc1ccccc1)NC(=O)[C@H](Cc1ccccc1)NCl. The molecule has 0 heterocycles. The van der Waals surface area contributed by atoms with E-state index in [4.69, 9.17) is 22.2 Å². The van der Waals surface area contributed by atoms with Crippen molar-refractivity contribution in [3.05, 3.63) is 71.8 Å². The highest BCUT2D eigenvalue weighted by molar-refractivity contribution is 6.15. The number of halogens is 1. The molecule has 8 nitrogen and oxygen atoms in total. The third-order valence-electron chi connectivity index (χ3n) is 4.79. The molecule has 0 spiro atoms. The van der Waals surface area contributed by atoms with Crippen molar-refractivity contribution in [2.75, 3.05) is 6.54 Å². The number of carbonyl (C=O) groups is 3. The number of benzene rings is 2. The van der Waals surface area contributed by atoms with Gasteiger partial charge in [-0.25, -0.2) is 9.63 Å². The van der Waals surface area contributed by atoms with Crippen LogP contribution in [0.25, 0.3) is 0 Å². The fraction of sp³-hybridized carbons (Fsp3) is 0.348. The Bertz CT molecular complexity index is 852. The molecule has 0 aliphatic carbocycles. The lowest BCUT2D eigenvalue weighted by Gasteiger charge is -2.20. The summed E-state index contributed by atoms with van der Waals surface area (Å²) in [4.78, 5) is 38.5. The van der Waals surface area contributed by atoms with E-state index in [1.165, 1.54) is 0 Å². The van der Waals surface area contributed by atoms with Crippen LogP contribution < -0.4 is 21.2 Å². The van der Waals surface area contributed by atoms with Gasteiger partial charge in [0, 0.05) is 6.54 Å². The standard InChI is InChI=1S/C23H29ClN4O4/c24-28-20(15-17-9-3-1-4-10-17)22(30)27-19(21(25)29)13-7-8-14-26-23(31)32-16-18-11-5-2-6-12-18/h1-6,9-12,19-20,28H,7-8,13-16H2,(H2,25,29)(H,26,31)(H,27,30)/t19-,20-/m0/s1. The summed E-state index contributed by atoms with van der Waals surface area (Å²) in [5, 5.41) is 5.31. The van der Waals surface area contributed by atoms with Crippen molar-refractivity contribution in [1.82, 2.24) is 15.5 Å². The number of alkyl carbamates (subject to hydrolysis) is 1. The molecule has 0 saturated heterocycles. The monoisotopic (exact) mass is 460 g/mol. The fourth-order valence-electron chi connectivity index (χ4n) is 3.03. The van der Waals surface area contributed by atoms with Crippen molar-refractivity contribution < 1.29 is 19.1 Å². The van der Waals surface area contributed by atoms with E-state index in [0.717, 1.165) is 11.1 Å². The van der Waals surface area contributed by atoms with Crippen LogP contribution in [0.3, 0.4) is 0 Å². The molecule has 0 bridgehead atoms. The van der Waals surface area contributed by atoms with E-state index in [9.17, 15) is 14.4 Å². The van der Waals surface area contributed by atoms with Crippen LogP contribution >= 0.6 is 11.8 Å². The van der Waals surface area contributed by atoms with E-state index < -0.39 is 30.0 Å². The molecule has 3 amide bonds. The maximum Gasteiger partial charge on any atom is 0.407 e. The second-order valence-electron chi connectivity index (χ2n) is 7.30. The Kier molecular flexibility index (Phi) is 11.1. The van der Waals surface area contributed by atoms with Crippen LogP contribution in [0, 0.1) is 0 Å². The molecular formula is C23H29ClN4O4. The molecule has 2 atom stereocenters. The summed E-state index contributed by atoms with van der Waals surface area (Å²) in [6.07, 6.45) is 1.38. The van der Waals surface area contributed by atoms with Gasteiger partial charge in [0.15, 0.2) is 0 Å². The molecule has 172 valence electrons. The minimum absolute atomic E-state index is 0.196. The van der Waals surface area contributed by atoms with Gasteiger partial charge in [-0.2, -0.15) is 0 Å². The Balaban J connectivity index is 1.68. The number of hydrogen-bond acceptors (Lipinski definition) is 5. The molecule has 9 heteroatoms. The fourth-order valence-corrected chi connectivity index (χ4v) is 3.20. The summed E-state index contributed by atoms with van der Waals surface area (Å²) in [5.74, 6) is -1.03. The first-order chi connectivity index (χ1) is 15.5. The number of hydrogen-bond donors (Lipinski definition) is 4. The van der Waals surface area contributed by atoms with Crippen molar-refractivity contribution in [3.8, 4) is 0 Å². The normalized spacial score (nSPS) is 12.4. The molecule has 0 aromatic heterocycles. The average molecular weight is 461 g/mol. The van der Waals surface area contributed by atoms with Crippen LogP contribution in [0.1, 0.15) is 30.4 Å². The van der Waals surface area contributed by atoms with E-state index in [1.54, 1.807) is 0 Å². The van der Waals surface area contributed by atoms with Gasteiger partial charge >= 0.3 is 6.09 Å². The largest absolute Gasteiger partial charge is 0.445 e. The molecule has 2 aromatic rings. The first-order valence-corrected chi connectivity index (χ1v) is 10.8. The lowest BCUT2D eigenvalue weighted by atomic mass is 10.0. The van der Waals surface area contributed by atoms with Crippen molar-refractivity contribution in [2.45, 2.75) is 44.4 Å². The first-order valence-electron chi connectivity index (χ1n) is 10.4. The lowest BCUT2D eigenvalue weighted by Crippen LogP contribution is -2.51. The molecule has 5 N–H and O–H groups in total. The Morgan fingerprint density at radius 2 is 1.53 bits per heavy atom. The summed E-state index contributed by atoms with van der Waals surface area (Å²) in [6, 6.07) is 17.2. The van der Waals surface area contributed by atoms with Gasteiger partial charge in [0.25, 0.3) is 0 Å². The molecular weight excluding hydrogens is 432 g/mol. The summed E-state index contributed by atoms with van der Waals surface area (Å²) < 4.78 is 5.13. The van der Waals surface area contributed by atoms with Gasteiger partial charge in [-0.05, 0) is 48.6 Å². The van der Waals surface area contributed by atoms with Crippen LogP contribution in [-0.2, 0) is 27.4 Å². The van der Waals surface area contributed by atoms with Gasteiger partial charge in [0.1, 0.15) is 18.7 Å². The minimum atomic E-state index is -0.823. The number of nitrogens with one attached hydrogen (secondary N) is 3. The van der Waals surface area contributed by atoms with Gasteiger partial charge in [-0.15, -0.1) is 0 Å². The van der Waals surface area contributed by atoms with Crippen molar-refractivity contribution >= 4 is 29.7 Å². The second-order valence-corrected chi connectivity index (χ2v) is 7.52. The number of unbranched alkanes of at least 4 members (excludes halogenated alkanes) is 1. The van der Waals surface area contributed by atoms with Crippen LogP contribution in [0.5, 0.6) is 0 Å². The highest BCUT2D eigenvalue weighted by Gasteiger charge is 2.23. The molecule has 0 saturated carbocycles. The maximum atomic E-state index is 12.5. The third-order valence-corrected chi connectivity index (χ3v) is 5.06. The molecule has 0 aliphatic heterocycles. The first kappa shape index (κ1) is 25.2. The molecule has 0 fully saturated rings. The van der Waals surface area contributed by atoms with Gasteiger partial charge in [-0.1, -0.05) is 60.7 Å². The number of ether oxygens (including phenoxy) is 1. The maximum absolute atomic E-state index is 12.5. The minimum Gasteiger partial charge on any atom is -0.445 e. The Labute approximate surface area is 193 Å². The average Bonchev–Trinajstić information content (AvgIpc) is 2.81. The van der Waals surface area contributed by atoms with Crippen LogP contribution in [-0.4, -0.2) is 36.5 Å². The molecule has 0 aliphatic rings. The van der Waals surface area contributed by atoms with Crippen molar-refractivity contribution in [1.29, 1.82) is 0 Å². The van der Waals surface area contributed by atoms with Crippen molar-refractivity contribution in [2.24, 2.45) is 5.73 Å². The molecule has 2 rings (SSSR count). The molecule has 0 unspecified atom stereocenters. The van der Waals surface area contributed by atoms with E-state index in [2.05, 4.69) is 15.5 Å². The van der Waals surface area contributed by atoms with E-state index in [-0.39, 0.29) is 6.61 Å². The van der Waals surface area contributed by atoms with Gasteiger partial charge < -0.3 is 21.1 Å². The summed E-state index contributed by atoms with van der Waals surface area (Å²) in [6.45, 7) is 0.578. The number of carbonyl (C=O) groups excluding carboxylic acids is 3. The van der Waals surface area contributed by atoms with Crippen LogP contribution in [0.2, 0.25) is 0 Å². The smallest absolute Gasteiger partial charge is 0.407 e. The Morgan fingerprint density at radius 3 is 2.12 bits per heavy atom. The summed E-state index contributed by atoms with van der Waals surface area (Å²) in [7, 11) is 0.